The number of rotatable bonds is 6. The van der Waals surface area contributed by atoms with E-state index in [0.717, 1.165) is 72.4 Å². The number of benzene rings is 8. The predicted molar refractivity (Wildman–Crippen MR) is 210 cm³/mol. The standard InChI is InChI=1S/C47H30N2O2/c1-2-13-32(14-3-1)47-48-43-24-11-23-40(46(43)51-47)34-17-9-19-36(29-34)49(37-26-27-45-42(30-37)41-21-6-7-25-44(41)50-45)35-18-8-16-33(28-35)39-22-10-15-31-12-4-5-20-38(31)39/h1-30H. The molecule has 2 heterocycles. The lowest BCUT2D eigenvalue weighted by atomic mass is 9.97. The van der Waals surface area contributed by atoms with Crippen LogP contribution in [0.1, 0.15) is 0 Å². The fraction of sp³-hybridized carbons (Fsp3) is 0. The zero-order chi connectivity index (χ0) is 33.7. The lowest BCUT2D eigenvalue weighted by Gasteiger charge is -2.26. The number of oxazole rings is 1. The molecule has 0 aliphatic rings. The average Bonchev–Trinajstić information content (AvgIpc) is 3.80. The van der Waals surface area contributed by atoms with Gasteiger partial charge in [0.15, 0.2) is 5.58 Å². The number of nitrogens with zero attached hydrogens (tertiary/aromatic N) is 2. The van der Waals surface area contributed by atoms with Gasteiger partial charge in [0, 0.05) is 39.0 Å². The average molecular weight is 655 g/mol. The van der Waals surface area contributed by atoms with Crippen molar-refractivity contribution in [3.8, 4) is 33.7 Å². The van der Waals surface area contributed by atoms with E-state index in [9.17, 15) is 0 Å². The number of furan rings is 1. The van der Waals surface area contributed by atoms with Crippen molar-refractivity contribution >= 4 is 60.9 Å². The van der Waals surface area contributed by atoms with E-state index < -0.39 is 0 Å². The van der Waals surface area contributed by atoms with E-state index in [1.807, 2.05) is 54.6 Å². The monoisotopic (exact) mass is 654 g/mol. The molecule has 0 atom stereocenters. The van der Waals surface area contributed by atoms with Gasteiger partial charge in [-0.15, -0.1) is 0 Å². The van der Waals surface area contributed by atoms with Crippen molar-refractivity contribution < 1.29 is 8.83 Å². The first-order valence-electron chi connectivity index (χ1n) is 17.1. The second-order valence-electron chi connectivity index (χ2n) is 12.8. The van der Waals surface area contributed by atoms with Crippen molar-refractivity contribution in [2.45, 2.75) is 0 Å². The van der Waals surface area contributed by atoms with E-state index in [1.165, 1.54) is 16.3 Å². The second kappa shape index (κ2) is 11.9. The van der Waals surface area contributed by atoms with Gasteiger partial charge < -0.3 is 13.7 Å². The van der Waals surface area contributed by atoms with Crippen molar-refractivity contribution in [2.75, 3.05) is 4.90 Å². The third kappa shape index (κ3) is 5.04. The zero-order valence-corrected chi connectivity index (χ0v) is 27.5. The molecular formula is C47H30N2O2. The Morgan fingerprint density at radius 3 is 1.84 bits per heavy atom. The van der Waals surface area contributed by atoms with Crippen LogP contribution in [-0.4, -0.2) is 4.98 Å². The third-order valence-corrected chi connectivity index (χ3v) is 9.67. The van der Waals surface area contributed by atoms with Crippen LogP contribution in [0.4, 0.5) is 17.1 Å². The van der Waals surface area contributed by atoms with Crippen LogP contribution in [0.2, 0.25) is 0 Å². The summed E-state index contributed by atoms with van der Waals surface area (Å²) >= 11 is 0. The Balaban J connectivity index is 1.15. The van der Waals surface area contributed by atoms with Gasteiger partial charge in [0.2, 0.25) is 5.89 Å². The van der Waals surface area contributed by atoms with E-state index >= 15 is 0 Å². The van der Waals surface area contributed by atoms with Crippen molar-refractivity contribution in [3.63, 3.8) is 0 Å². The quantitative estimate of drug-likeness (QED) is 0.179. The summed E-state index contributed by atoms with van der Waals surface area (Å²) in [4.78, 5) is 7.17. The van der Waals surface area contributed by atoms with E-state index in [0.29, 0.717) is 5.89 Å². The fourth-order valence-electron chi connectivity index (χ4n) is 7.28. The maximum atomic E-state index is 6.45. The maximum absolute atomic E-state index is 6.45. The summed E-state index contributed by atoms with van der Waals surface area (Å²) in [6.07, 6.45) is 0. The van der Waals surface area contributed by atoms with Crippen molar-refractivity contribution in [1.29, 1.82) is 0 Å². The summed E-state index contributed by atoms with van der Waals surface area (Å²) in [5, 5.41) is 4.62. The number of para-hydroxylation sites is 2. The first-order valence-corrected chi connectivity index (χ1v) is 17.1. The summed E-state index contributed by atoms with van der Waals surface area (Å²) in [7, 11) is 0. The Morgan fingerprint density at radius 1 is 0.392 bits per heavy atom. The Labute approximate surface area is 294 Å². The molecule has 4 heteroatoms. The van der Waals surface area contributed by atoms with Gasteiger partial charge in [-0.25, -0.2) is 4.98 Å². The maximum Gasteiger partial charge on any atom is 0.227 e. The smallest absolute Gasteiger partial charge is 0.227 e. The SMILES string of the molecule is c1ccc(-c2nc3cccc(-c4cccc(N(c5cccc(-c6cccc7ccccc67)c5)c5ccc6oc7ccccc7c6c5)c4)c3o2)cc1. The Morgan fingerprint density at radius 2 is 1.00 bits per heavy atom. The fourth-order valence-corrected chi connectivity index (χ4v) is 7.28. The highest BCUT2D eigenvalue weighted by Crippen LogP contribution is 2.42. The molecule has 0 bridgehead atoms. The lowest BCUT2D eigenvalue weighted by Crippen LogP contribution is -2.10. The van der Waals surface area contributed by atoms with Gasteiger partial charge in [-0.1, -0.05) is 115 Å². The Kier molecular flexibility index (Phi) is 6.78. The summed E-state index contributed by atoms with van der Waals surface area (Å²) < 4.78 is 12.7. The Hall–Kier alpha value is -6.91. The first-order chi connectivity index (χ1) is 25.3. The molecule has 0 fully saturated rings. The predicted octanol–water partition coefficient (Wildman–Crippen LogP) is 13.4. The molecule has 0 aliphatic heterocycles. The highest BCUT2D eigenvalue weighted by atomic mass is 16.3. The van der Waals surface area contributed by atoms with Gasteiger partial charge in [0.1, 0.15) is 16.7 Å². The molecule has 10 rings (SSSR count). The second-order valence-corrected chi connectivity index (χ2v) is 12.8. The van der Waals surface area contributed by atoms with Crippen molar-refractivity contribution in [3.05, 3.63) is 182 Å². The number of fused-ring (bicyclic) bond motifs is 5. The van der Waals surface area contributed by atoms with Gasteiger partial charge >= 0.3 is 0 Å². The van der Waals surface area contributed by atoms with Gasteiger partial charge in [-0.3, -0.25) is 0 Å². The van der Waals surface area contributed by atoms with Gasteiger partial charge in [0.05, 0.1) is 0 Å². The minimum atomic E-state index is 0.613. The molecule has 51 heavy (non-hydrogen) atoms. The molecule has 240 valence electrons. The number of hydrogen-bond acceptors (Lipinski definition) is 4. The van der Waals surface area contributed by atoms with Crippen LogP contribution >= 0.6 is 0 Å². The molecule has 0 N–H and O–H groups in total. The molecule has 0 saturated carbocycles. The molecule has 0 aliphatic carbocycles. The van der Waals surface area contributed by atoms with Crippen molar-refractivity contribution in [1.82, 2.24) is 4.98 Å². The van der Waals surface area contributed by atoms with Gasteiger partial charge in [0.25, 0.3) is 0 Å². The molecule has 4 nitrogen and oxygen atoms in total. The molecule has 0 radical (unpaired) electrons. The van der Waals surface area contributed by atoms with Crippen LogP contribution in [0, 0.1) is 0 Å². The zero-order valence-electron chi connectivity index (χ0n) is 27.5. The van der Waals surface area contributed by atoms with E-state index in [-0.39, 0.29) is 0 Å². The highest BCUT2D eigenvalue weighted by molar-refractivity contribution is 6.07. The topological polar surface area (TPSA) is 42.4 Å². The number of anilines is 3. The molecule has 8 aromatic carbocycles. The minimum absolute atomic E-state index is 0.613. The first kappa shape index (κ1) is 29.0. The van der Waals surface area contributed by atoms with Crippen LogP contribution in [0.25, 0.3) is 77.5 Å². The molecule has 2 aromatic heterocycles. The summed E-state index contributed by atoms with van der Waals surface area (Å²) in [6, 6.07) is 63.5. The van der Waals surface area contributed by atoms with Crippen LogP contribution < -0.4 is 4.90 Å². The van der Waals surface area contributed by atoms with Gasteiger partial charge in [-0.2, -0.15) is 0 Å². The lowest BCUT2D eigenvalue weighted by molar-refractivity contribution is 0.621. The number of hydrogen-bond donors (Lipinski definition) is 0. The molecule has 0 unspecified atom stereocenters. The summed E-state index contributed by atoms with van der Waals surface area (Å²) in [5.74, 6) is 0.613. The van der Waals surface area contributed by atoms with E-state index in [4.69, 9.17) is 13.8 Å². The third-order valence-electron chi connectivity index (χ3n) is 9.67. The molecule has 0 saturated heterocycles. The summed E-state index contributed by atoms with van der Waals surface area (Å²) in [5.41, 5.74) is 11.8. The van der Waals surface area contributed by atoms with Gasteiger partial charge in [-0.05, 0) is 94.2 Å². The van der Waals surface area contributed by atoms with Crippen molar-refractivity contribution in [2.24, 2.45) is 0 Å². The molecule has 0 amide bonds. The van der Waals surface area contributed by atoms with Crippen LogP contribution in [-0.2, 0) is 0 Å². The van der Waals surface area contributed by atoms with Crippen LogP contribution in [0.15, 0.2) is 191 Å². The molecule has 10 aromatic rings. The van der Waals surface area contributed by atoms with Crippen LogP contribution in [0.3, 0.4) is 0 Å². The molecule has 0 spiro atoms. The largest absolute Gasteiger partial charge is 0.456 e. The summed E-state index contributed by atoms with van der Waals surface area (Å²) in [6.45, 7) is 0. The Bertz CT molecular complexity index is 2880. The van der Waals surface area contributed by atoms with E-state index in [2.05, 4.69) is 132 Å². The number of aromatic nitrogens is 1. The molecular weight excluding hydrogens is 625 g/mol. The normalized spacial score (nSPS) is 11.5. The highest BCUT2D eigenvalue weighted by Gasteiger charge is 2.19. The minimum Gasteiger partial charge on any atom is -0.456 e. The van der Waals surface area contributed by atoms with Crippen LogP contribution in [0.5, 0.6) is 0 Å². The van der Waals surface area contributed by atoms with E-state index in [1.54, 1.807) is 0 Å².